The first-order valence-corrected chi connectivity index (χ1v) is 9.86. The van der Waals surface area contributed by atoms with Gasteiger partial charge in [-0.3, -0.25) is 4.79 Å². The summed E-state index contributed by atoms with van der Waals surface area (Å²) in [6, 6.07) is 12.6. The third-order valence-corrected chi connectivity index (χ3v) is 5.70. The van der Waals surface area contributed by atoms with Crippen LogP contribution in [0.1, 0.15) is 10.4 Å². The Morgan fingerprint density at radius 2 is 1.87 bits per heavy atom. The Balaban J connectivity index is 1.79. The molecule has 0 saturated carbocycles. The summed E-state index contributed by atoms with van der Waals surface area (Å²) in [6.07, 6.45) is -5.42. The van der Waals surface area contributed by atoms with Gasteiger partial charge in [-0.05, 0) is 29.8 Å². The van der Waals surface area contributed by atoms with Gasteiger partial charge in [0.05, 0.1) is 23.6 Å². The van der Waals surface area contributed by atoms with Gasteiger partial charge in [-0.15, -0.1) is 11.3 Å². The molecule has 7 nitrogen and oxygen atoms in total. The minimum Gasteiger partial charge on any atom is -0.328 e. The molecule has 0 bridgehead atoms. The second-order valence-corrected chi connectivity index (χ2v) is 7.87. The molecule has 160 valence electrons. The van der Waals surface area contributed by atoms with Gasteiger partial charge in [-0.25, -0.2) is 4.79 Å². The number of nitrogens with one attached hydrogen (secondary N) is 1. The van der Waals surface area contributed by atoms with Crippen LogP contribution in [0.25, 0.3) is 10.4 Å². The average Bonchev–Trinajstić information content (AvgIpc) is 3.16. The summed E-state index contributed by atoms with van der Waals surface area (Å²) in [4.78, 5) is 29.6. The van der Waals surface area contributed by atoms with Gasteiger partial charge in [0.2, 0.25) is 0 Å². The number of carbonyl (C=O) groups is 2. The lowest BCUT2D eigenvalue weighted by atomic mass is 10.0. The Hall–Kier alpha value is -3.41. The number of carbonyl (C=O) groups excluding carboxylic acids is 2. The summed E-state index contributed by atoms with van der Waals surface area (Å²) in [5.41, 5.74) is 1.32. The molecule has 31 heavy (non-hydrogen) atoms. The van der Waals surface area contributed by atoms with E-state index in [-0.39, 0.29) is 24.6 Å². The second kappa shape index (κ2) is 9.16. The van der Waals surface area contributed by atoms with Crippen LogP contribution >= 0.6 is 11.3 Å². The first kappa shape index (κ1) is 22.3. The predicted octanol–water partition coefficient (Wildman–Crippen LogP) is 2.79. The van der Waals surface area contributed by atoms with Gasteiger partial charge in [0.1, 0.15) is 0 Å². The fraction of sp³-hybridized carbons (Fsp3) is 0.300. The zero-order valence-electron chi connectivity index (χ0n) is 15.8. The van der Waals surface area contributed by atoms with Crippen molar-refractivity contribution in [3.05, 3.63) is 46.8 Å². The summed E-state index contributed by atoms with van der Waals surface area (Å²) in [5.74, 6) is -4.08. The number of hydrogen-bond donors (Lipinski definition) is 1. The van der Waals surface area contributed by atoms with Gasteiger partial charge in [-0.1, -0.05) is 12.1 Å². The number of benzene rings is 1. The van der Waals surface area contributed by atoms with Gasteiger partial charge < -0.3 is 10.2 Å². The maximum Gasteiger partial charge on any atom is 0.493 e. The SMILES string of the molecule is N#Cc1ccc(-c2ccc(C[C@@H](C#N)N(OC(=O)C(F)(F)F)C(=O)C3CNC3)s2)cc1. The molecular formula is C20H15F3N4O3S. The fourth-order valence-electron chi connectivity index (χ4n) is 2.77. The van der Waals surface area contributed by atoms with Crippen LogP contribution in [0.4, 0.5) is 13.2 Å². The zero-order valence-corrected chi connectivity index (χ0v) is 16.7. The molecule has 0 radical (unpaired) electrons. The molecule has 3 rings (SSSR count). The Labute approximate surface area is 179 Å². The van der Waals surface area contributed by atoms with Crippen LogP contribution in [0.15, 0.2) is 36.4 Å². The topological polar surface area (TPSA) is 106 Å². The lowest BCUT2D eigenvalue weighted by Crippen LogP contribution is -2.55. The van der Waals surface area contributed by atoms with E-state index >= 15 is 0 Å². The van der Waals surface area contributed by atoms with Crippen molar-refractivity contribution >= 4 is 23.2 Å². The minimum absolute atomic E-state index is 0.117. The third-order valence-electron chi connectivity index (χ3n) is 4.55. The van der Waals surface area contributed by atoms with E-state index in [1.807, 2.05) is 6.07 Å². The molecule has 1 amide bonds. The smallest absolute Gasteiger partial charge is 0.328 e. The molecule has 2 heterocycles. The maximum atomic E-state index is 12.7. The van der Waals surface area contributed by atoms with Crippen molar-refractivity contribution in [2.75, 3.05) is 13.1 Å². The van der Waals surface area contributed by atoms with Crippen molar-refractivity contribution in [3.8, 4) is 22.6 Å². The van der Waals surface area contributed by atoms with Gasteiger partial charge in [0.25, 0.3) is 5.91 Å². The molecule has 1 aliphatic rings. The van der Waals surface area contributed by atoms with Gasteiger partial charge in [0.15, 0.2) is 6.04 Å². The number of alkyl halides is 3. The number of nitrogens with zero attached hydrogens (tertiary/aromatic N) is 3. The first-order chi connectivity index (χ1) is 14.7. The molecule has 1 saturated heterocycles. The van der Waals surface area contributed by atoms with E-state index < -0.39 is 30.0 Å². The van der Waals surface area contributed by atoms with Crippen LogP contribution in [-0.2, 0) is 20.8 Å². The highest BCUT2D eigenvalue weighted by Crippen LogP contribution is 2.30. The number of amides is 1. The van der Waals surface area contributed by atoms with Crippen molar-refractivity contribution in [2.24, 2.45) is 5.92 Å². The normalized spacial score (nSPS) is 14.6. The van der Waals surface area contributed by atoms with Gasteiger partial charge in [0, 0.05) is 29.3 Å². The van der Waals surface area contributed by atoms with Crippen LogP contribution in [0.5, 0.6) is 0 Å². The Morgan fingerprint density at radius 1 is 1.19 bits per heavy atom. The van der Waals surface area contributed by atoms with Gasteiger partial charge in [-0.2, -0.15) is 28.8 Å². The standard InChI is InChI=1S/C20H15F3N4O3S/c21-20(22,23)19(29)30-27(18(28)14-10-26-11-14)15(9-25)7-16-5-6-17(31-16)13-3-1-12(8-24)2-4-13/h1-6,14-15,26H,7,10-11H2/t15-/m0/s1. The number of halogens is 3. The number of thiophene rings is 1. The lowest BCUT2D eigenvalue weighted by molar-refractivity contribution is -0.242. The second-order valence-electron chi connectivity index (χ2n) is 6.70. The molecule has 1 N–H and O–H groups in total. The zero-order chi connectivity index (χ0) is 22.6. The Morgan fingerprint density at radius 3 is 2.39 bits per heavy atom. The van der Waals surface area contributed by atoms with E-state index in [1.54, 1.807) is 42.5 Å². The molecule has 2 aromatic rings. The van der Waals surface area contributed by atoms with E-state index in [1.165, 1.54) is 11.3 Å². The first-order valence-electron chi connectivity index (χ1n) is 9.04. The summed E-state index contributed by atoms with van der Waals surface area (Å²) in [5, 5.41) is 21.5. The minimum atomic E-state index is -5.30. The number of hydroxylamine groups is 2. The van der Waals surface area contributed by atoms with E-state index in [0.29, 0.717) is 10.4 Å². The highest BCUT2D eigenvalue weighted by molar-refractivity contribution is 7.15. The highest BCUT2D eigenvalue weighted by atomic mass is 32.1. The van der Waals surface area contributed by atoms with Crippen LogP contribution in [0.2, 0.25) is 0 Å². The predicted molar refractivity (Wildman–Crippen MR) is 103 cm³/mol. The molecule has 1 aliphatic heterocycles. The largest absolute Gasteiger partial charge is 0.493 e. The van der Waals surface area contributed by atoms with Crippen molar-refractivity contribution < 1.29 is 27.6 Å². The summed E-state index contributed by atoms with van der Waals surface area (Å²) >= 11 is 1.28. The van der Waals surface area contributed by atoms with Gasteiger partial charge >= 0.3 is 12.1 Å². The van der Waals surface area contributed by atoms with E-state index in [2.05, 4.69) is 10.2 Å². The fourth-order valence-corrected chi connectivity index (χ4v) is 3.82. The molecule has 0 aliphatic carbocycles. The van der Waals surface area contributed by atoms with Crippen molar-refractivity contribution in [2.45, 2.75) is 18.6 Å². The molecule has 1 atom stereocenters. The van der Waals surface area contributed by atoms with Crippen molar-refractivity contribution in [1.29, 1.82) is 10.5 Å². The summed E-state index contributed by atoms with van der Waals surface area (Å²) in [6.45, 7) is 0.442. The Kier molecular flexibility index (Phi) is 6.59. The maximum absolute atomic E-state index is 12.7. The van der Waals surface area contributed by atoms with Crippen LogP contribution in [0, 0.1) is 28.6 Å². The molecule has 11 heteroatoms. The van der Waals surface area contributed by atoms with E-state index in [0.717, 1.165) is 10.4 Å². The molecule has 1 fully saturated rings. The van der Waals surface area contributed by atoms with Crippen molar-refractivity contribution in [1.82, 2.24) is 10.4 Å². The van der Waals surface area contributed by atoms with Crippen LogP contribution < -0.4 is 5.32 Å². The monoisotopic (exact) mass is 448 g/mol. The lowest BCUT2D eigenvalue weighted by Gasteiger charge is -2.33. The number of nitriles is 2. The highest BCUT2D eigenvalue weighted by Gasteiger charge is 2.46. The Bertz CT molecular complexity index is 1050. The van der Waals surface area contributed by atoms with Crippen molar-refractivity contribution in [3.63, 3.8) is 0 Å². The average molecular weight is 448 g/mol. The number of hydrogen-bond acceptors (Lipinski definition) is 7. The van der Waals surface area contributed by atoms with Crippen LogP contribution in [0.3, 0.4) is 0 Å². The van der Waals surface area contributed by atoms with E-state index in [4.69, 9.17) is 5.26 Å². The third kappa shape index (κ3) is 5.20. The van der Waals surface area contributed by atoms with E-state index in [9.17, 15) is 28.0 Å². The molecule has 1 aromatic carbocycles. The summed E-state index contributed by atoms with van der Waals surface area (Å²) < 4.78 is 38.1. The molecule has 0 spiro atoms. The molecule has 1 aromatic heterocycles. The number of rotatable bonds is 5. The quantitative estimate of drug-likeness (QED) is 0.705. The molecular weight excluding hydrogens is 433 g/mol. The summed E-state index contributed by atoms with van der Waals surface area (Å²) in [7, 11) is 0. The molecule has 0 unspecified atom stereocenters. The van der Waals surface area contributed by atoms with Crippen LogP contribution in [-0.4, -0.2) is 42.2 Å².